The molecule has 3 aromatic rings. The number of amides is 1. The standard InChI is InChI=1S/C19H26N6O/c1-14-19-17(24(4)22-14)13-21-25(19)11-10-18(26)20-12-16(23(2)3)15-8-6-5-7-9-15/h5-9,13,16H,10-12H2,1-4H3,(H,20,26). The minimum absolute atomic E-state index is 0.0259. The zero-order valence-electron chi connectivity index (χ0n) is 15.8. The van der Waals surface area contributed by atoms with Crippen LogP contribution in [0.4, 0.5) is 0 Å². The van der Waals surface area contributed by atoms with Gasteiger partial charge in [0.15, 0.2) is 0 Å². The van der Waals surface area contributed by atoms with Crippen LogP contribution in [0.1, 0.15) is 23.7 Å². The highest BCUT2D eigenvalue weighted by Crippen LogP contribution is 2.18. The van der Waals surface area contributed by atoms with E-state index in [2.05, 4.69) is 32.5 Å². The molecule has 7 heteroatoms. The average molecular weight is 354 g/mol. The van der Waals surface area contributed by atoms with Gasteiger partial charge in [0.2, 0.25) is 5.91 Å². The summed E-state index contributed by atoms with van der Waals surface area (Å²) < 4.78 is 3.67. The number of nitrogens with zero attached hydrogens (tertiary/aromatic N) is 5. The zero-order valence-corrected chi connectivity index (χ0v) is 15.8. The number of hydrogen-bond acceptors (Lipinski definition) is 4. The molecule has 0 aliphatic heterocycles. The monoisotopic (exact) mass is 354 g/mol. The summed E-state index contributed by atoms with van der Waals surface area (Å²) in [6, 6.07) is 10.4. The maximum absolute atomic E-state index is 12.3. The Hall–Kier alpha value is -2.67. The molecule has 1 unspecified atom stereocenters. The highest BCUT2D eigenvalue weighted by molar-refractivity contribution is 5.78. The molecule has 0 bridgehead atoms. The lowest BCUT2D eigenvalue weighted by atomic mass is 10.1. The molecule has 1 N–H and O–H groups in total. The quantitative estimate of drug-likeness (QED) is 0.703. The van der Waals surface area contributed by atoms with Gasteiger partial charge in [-0.2, -0.15) is 10.2 Å². The largest absolute Gasteiger partial charge is 0.354 e. The topological polar surface area (TPSA) is 68.0 Å². The van der Waals surface area contributed by atoms with Gasteiger partial charge in [0.1, 0.15) is 11.0 Å². The lowest BCUT2D eigenvalue weighted by molar-refractivity contribution is -0.121. The van der Waals surface area contributed by atoms with Gasteiger partial charge in [0, 0.05) is 20.0 Å². The van der Waals surface area contributed by atoms with Crippen LogP contribution in [0.3, 0.4) is 0 Å². The van der Waals surface area contributed by atoms with Gasteiger partial charge in [-0.05, 0) is 26.6 Å². The van der Waals surface area contributed by atoms with E-state index in [1.807, 2.05) is 55.6 Å². The van der Waals surface area contributed by atoms with Crippen LogP contribution in [0, 0.1) is 6.92 Å². The molecule has 0 aliphatic rings. The van der Waals surface area contributed by atoms with Crippen molar-refractivity contribution in [2.24, 2.45) is 7.05 Å². The zero-order chi connectivity index (χ0) is 18.7. The molecule has 7 nitrogen and oxygen atoms in total. The van der Waals surface area contributed by atoms with E-state index in [1.54, 1.807) is 6.20 Å². The van der Waals surface area contributed by atoms with Gasteiger partial charge in [-0.1, -0.05) is 30.3 Å². The molecule has 3 rings (SSSR count). The Morgan fingerprint density at radius 2 is 2.00 bits per heavy atom. The Kier molecular flexibility index (Phi) is 5.37. The molecule has 0 aliphatic carbocycles. The predicted octanol–water partition coefficient (Wildman–Crippen LogP) is 1.89. The molecule has 0 fully saturated rings. The number of carbonyl (C=O) groups is 1. The van der Waals surface area contributed by atoms with Gasteiger partial charge in [-0.3, -0.25) is 14.2 Å². The summed E-state index contributed by atoms with van der Waals surface area (Å²) >= 11 is 0. The van der Waals surface area contributed by atoms with Gasteiger partial charge in [0.05, 0.1) is 24.5 Å². The molecule has 26 heavy (non-hydrogen) atoms. The third kappa shape index (κ3) is 3.77. The first-order chi connectivity index (χ1) is 12.5. The van der Waals surface area contributed by atoms with Gasteiger partial charge in [-0.25, -0.2) is 0 Å². The first kappa shape index (κ1) is 18.1. The van der Waals surface area contributed by atoms with Crippen molar-refractivity contribution < 1.29 is 4.79 Å². The van der Waals surface area contributed by atoms with Crippen LogP contribution >= 0.6 is 0 Å². The molecule has 0 saturated carbocycles. The molecular weight excluding hydrogens is 328 g/mol. The van der Waals surface area contributed by atoms with E-state index in [4.69, 9.17) is 0 Å². The number of aromatic nitrogens is 4. The van der Waals surface area contributed by atoms with E-state index in [1.165, 1.54) is 5.56 Å². The minimum Gasteiger partial charge on any atom is -0.354 e. The van der Waals surface area contributed by atoms with Crippen LogP contribution in [-0.2, 0) is 18.4 Å². The number of benzene rings is 1. The molecule has 0 spiro atoms. The molecule has 0 saturated heterocycles. The minimum atomic E-state index is 0.0259. The Morgan fingerprint density at radius 3 is 2.69 bits per heavy atom. The van der Waals surface area contributed by atoms with E-state index in [9.17, 15) is 4.79 Å². The maximum atomic E-state index is 12.3. The van der Waals surface area contributed by atoms with Gasteiger partial charge < -0.3 is 10.2 Å². The van der Waals surface area contributed by atoms with Crippen LogP contribution in [0.5, 0.6) is 0 Å². The number of rotatable bonds is 7. The van der Waals surface area contributed by atoms with E-state index < -0.39 is 0 Å². The fraction of sp³-hybridized carbons (Fsp3) is 0.421. The fourth-order valence-corrected chi connectivity index (χ4v) is 3.26. The Bertz CT molecular complexity index is 880. The number of carbonyl (C=O) groups excluding carboxylic acids is 1. The molecule has 0 radical (unpaired) electrons. The van der Waals surface area contributed by atoms with Crippen LogP contribution < -0.4 is 5.32 Å². The Morgan fingerprint density at radius 1 is 1.27 bits per heavy atom. The third-order valence-corrected chi connectivity index (χ3v) is 4.66. The maximum Gasteiger partial charge on any atom is 0.221 e. The van der Waals surface area contributed by atoms with Crippen molar-refractivity contribution in [2.45, 2.75) is 25.9 Å². The third-order valence-electron chi connectivity index (χ3n) is 4.66. The SMILES string of the molecule is Cc1nn(C)c2cnn(CCC(=O)NCC(c3ccccc3)N(C)C)c12. The Labute approximate surface area is 153 Å². The second-order valence-corrected chi connectivity index (χ2v) is 6.75. The smallest absolute Gasteiger partial charge is 0.221 e. The number of aryl methyl sites for hydroxylation is 3. The second-order valence-electron chi connectivity index (χ2n) is 6.75. The number of nitrogens with one attached hydrogen (secondary N) is 1. The summed E-state index contributed by atoms with van der Waals surface area (Å²) in [6.07, 6.45) is 2.19. The first-order valence-electron chi connectivity index (χ1n) is 8.80. The van der Waals surface area contributed by atoms with E-state index >= 15 is 0 Å². The van der Waals surface area contributed by atoms with Crippen LogP contribution in [0.15, 0.2) is 36.5 Å². The molecule has 2 heterocycles. The van der Waals surface area contributed by atoms with Crippen molar-refractivity contribution in [1.29, 1.82) is 0 Å². The summed E-state index contributed by atoms with van der Waals surface area (Å²) in [7, 11) is 5.95. The highest BCUT2D eigenvalue weighted by Gasteiger charge is 2.16. The van der Waals surface area contributed by atoms with Crippen LogP contribution in [0.2, 0.25) is 0 Å². The van der Waals surface area contributed by atoms with Gasteiger partial charge in [0.25, 0.3) is 0 Å². The second kappa shape index (κ2) is 7.70. The van der Waals surface area contributed by atoms with Crippen molar-refractivity contribution in [1.82, 2.24) is 29.8 Å². The lowest BCUT2D eigenvalue weighted by Gasteiger charge is -2.25. The van der Waals surface area contributed by atoms with Crippen molar-refractivity contribution in [3.05, 3.63) is 47.8 Å². The summed E-state index contributed by atoms with van der Waals surface area (Å²) in [5.74, 6) is 0.0259. The van der Waals surface area contributed by atoms with Crippen molar-refractivity contribution in [3.63, 3.8) is 0 Å². The molecule has 1 amide bonds. The number of hydrogen-bond donors (Lipinski definition) is 1. The molecule has 1 aromatic carbocycles. The average Bonchev–Trinajstić information content (AvgIpc) is 3.16. The van der Waals surface area contributed by atoms with Gasteiger partial charge in [-0.15, -0.1) is 0 Å². The van der Waals surface area contributed by atoms with E-state index in [-0.39, 0.29) is 11.9 Å². The number of fused-ring (bicyclic) bond motifs is 1. The summed E-state index contributed by atoms with van der Waals surface area (Å²) in [5.41, 5.74) is 4.10. The van der Waals surface area contributed by atoms with Crippen molar-refractivity contribution in [3.8, 4) is 0 Å². The summed E-state index contributed by atoms with van der Waals surface area (Å²) in [6.45, 7) is 3.08. The molecule has 138 valence electrons. The van der Waals surface area contributed by atoms with Crippen LogP contribution in [0.25, 0.3) is 11.0 Å². The normalized spacial score (nSPS) is 12.7. The van der Waals surface area contributed by atoms with Crippen molar-refractivity contribution in [2.75, 3.05) is 20.6 Å². The summed E-state index contributed by atoms with van der Waals surface area (Å²) in [4.78, 5) is 14.4. The van der Waals surface area contributed by atoms with Gasteiger partial charge >= 0.3 is 0 Å². The first-order valence-corrected chi connectivity index (χ1v) is 8.80. The summed E-state index contributed by atoms with van der Waals surface area (Å²) in [5, 5.41) is 11.8. The molecule has 2 aromatic heterocycles. The van der Waals surface area contributed by atoms with Crippen LogP contribution in [-0.4, -0.2) is 51.0 Å². The molecule has 1 atom stereocenters. The Balaban J connectivity index is 1.58. The molecular formula is C19H26N6O. The van der Waals surface area contributed by atoms with Crippen molar-refractivity contribution >= 4 is 16.9 Å². The lowest BCUT2D eigenvalue weighted by Crippen LogP contribution is -2.34. The highest BCUT2D eigenvalue weighted by atomic mass is 16.1. The van der Waals surface area contributed by atoms with E-state index in [0.717, 1.165) is 16.7 Å². The number of likely N-dealkylation sites (N-methyl/N-ethyl adjacent to an activating group) is 1. The van der Waals surface area contributed by atoms with E-state index in [0.29, 0.717) is 19.5 Å². The predicted molar refractivity (Wildman–Crippen MR) is 102 cm³/mol. The fourth-order valence-electron chi connectivity index (χ4n) is 3.26.